The quantitative estimate of drug-likeness (QED) is 0.894. The number of nitrogens with one attached hydrogen (secondary N) is 1. The van der Waals surface area contributed by atoms with Gasteiger partial charge in [-0.3, -0.25) is 4.79 Å². The maximum Gasteiger partial charge on any atom is 0.229 e. The number of carbonyl (C=O) groups excluding carboxylic acids is 1. The van der Waals surface area contributed by atoms with Gasteiger partial charge in [-0.1, -0.05) is 0 Å². The Morgan fingerprint density at radius 1 is 1.45 bits per heavy atom. The molecular formula is C16H23ClN2O3. The average Bonchev–Trinajstić information content (AvgIpc) is 2.53. The Balaban J connectivity index is 0.00000176. The smallest absolute Gasteiger partial charge is 0.229 e. The van der Waals surface area contributed by atoms with E-state index in [1.807, 2.05) is 23.1 Å². The molecule has 2 aliphatic heterocycles. The number of nitrogens with zero attached hydrogens (tertiary/aromatic N) is 1. The molecule has 0 saturated carbocycles. The van der Waals surface area contributed by atoms with Crippen molar-refractivity contribution in [1.82, 2.24) is 10.2 Å². The molecule has 1 fully saturated rings. The zero-order valence-electron chi connectivity index (χ0n) is 13.0. The van der Waals surface area contributed by atoms with Gasteiger partial charge in [0, 0.05) is 25.7 Å². The number of ether oxygens (including phenoxy) is 2. The second-order valence-corrected chi connectivity index (χ2v) is 5.77. The summed E-state index contributed by atoms with van der Waals surface area (Å²) in [5.41, 5.74) is 1.06. The monoisotopic (exact) mass is 326 g/mol. The van der Waals surface area contributed by atoms with Crippen molar-refractivity contribution in [3.8, 4) is 11.5 Å². The van der Waals surface area contributed by atoms with Gasteiger partial charge >= 0.3 is 0 Å². The van der Waals surface area contributed by atoms with Crippen molar-refractivity contribution in [1.29, 1.82) is 0 Å². The van der Waals surface area contributed by atoms with E-state index < -0.39 is 0 Å². The van der Waals surface area contributed by atoms with Crippen molar-refractivity contribution in [2.24, 2.45) is 5.92 Å². The van der Waals surface area contributed by atoms with E-state index in [4.69, 9.17) is 9.47 Å². The minimum Gasteiger partial charge on any atom is -0.497 e. The third-order valence-corrected chi connectivity index (χ3v) is 4.31. The summed E-state index contributed by atoms with van der Waals surface area (Å²) in [6, 6.07) is 6.02. The Labute approximate surface area is 137 Å². The van der Waals surface area contributed by atoms with Gasteiger partial charge in [-0.05, 0) is 37.1 Å². The number of amides is 1. The second-order valence-electron chi connectivity index (χ2n) is 5.77. The van der Waals surface area contributed by atoms with Gasteiger partial charge in [-0.2, -0.15) is 0 Å². The molecular weight excluding hydrogens is 304 g/mol. The first-order valence-corrected chi connectivity index (χ1v) is 7.50. The van der Waals surface area contributed by atoms with Crippen LogP contribution in [0, 0.1) is 5.92 Å². The fourth-order valence-electron chi connectivity index (χ4n) is 3.06. The van der Waals surface area contributed by atoms with E-state index in [9.17, 15) is 4.79 Å². The summed E-state index contributed by atoms with van der Waals surface area (Å²) in [5, 5.41) is 3.31. The van der Waals surface area contributed by atoms with E-state index in [2.05, 4.69) is 12.2 Å². The molecule has 0 aliphatic carbocycles. The molecule has 0 bridgehead atoms. The molecule has 2 atom stereocenters. The van der Waals surface area contributed by atoms with Crippen molar-refractivity contribution in [2.75, 3.05) is 33.4 Å². The molecule has 22 heavy (non-hydrogen) atoms. The lowest BCUT2D eigenvalue weighted by Gasteiger charge is -2.37. The maximum absolute atomic E-state index is 12.7. The molecule has 6 heteroatoms. The summed E-state index contributed by atoms with van der Waals surface area (Å²) >= 11 is 0. The topological polar surface area (TPSA) is 50.8 Å². The molecule has 2 aliphatic rings. The number of hydrogen-bond donors (Lipinski definition) is 1. The SMILES string of the molecule is COc1ccc2c(c1)CC(C(=O)N1CCNC[C@H]1C)CO2.Cl. The molecule has 1 amide bonds. The Morgan fingerprint density at radius 3 is 3.00 bits per heavy atom. The van der Waals surface area contributed by atoms with Crippen LogP contribution in [-0.2, 0) is 11.2 Å². The fraction of sp³-hybridized carbons (Fsp3) is 0.562. The van der Waals surface area contributed by atoms with Crippen LogP contribution in [0.1, 0.15) is 12.5 Å². The molecule has 1 aromatic carbocycles. The zero-order valence-corrected chi connectivity index (χ0v) is 13.8. The van der Waals surface area contributed by atoms with E-state index in [1.54, 1.807) is 7.11 Å². The van der Waals surface area contributed by atoms with E-state index in [0.29, 0.717) is 6.61 Å². The van der Waals surface area contributed by atoms with Crippen LogP contribution in [0.4, 0.5) is 0 Å². The first-order valence-electron chi connectivity index (χ1n) is 7.50. The molecule has 2 heterocycles. The number of fused-ring (bicyclic) bond motifs is 1. The number of rotatable bonds is 2. The van der Waals surface area contributed by atoms with Crippen molar-refractivity contribution in [2.45, 2.75) is 19.4 Å². The molecule has 1 aromatic rings. The lowest BCUT2D eigenvalue weighted by molar-refractivity contribution is -0.139. The Morgan fingerprint density at radius 2 is 2.27 bits per heavy atom. The minimum absolute atomic E-state index is 0. The Bertz CT molecular complexity index is 538. The van der Waals surface area contributed by atoms with Crippen LogP contribution in [-0.4, -0.2) is 50.2 Å². The predicted octanol–water partition coefficient (Wildman–Crippen LogP) is 1.49. The number of benzene rings is 1. The molecule has 1 N–H and O–H groups in total. The summed E-state index contributed by atoms with van der Waals surface area (Å²) in [6.07, 6.45) is 0.724. The highest BCUT2D eigenvalue weighted by Crippen LogP contribution is 2.31. The van der Waals surface area contributed by atoms with E-state index >= 15 is 0 Å². The largest absolute Gasteiger partial charge is 0.497 e. The molecule has 1 saturated heterocycles. The molecule has 0 spiro atoms. The van der Waals surface area contributed by atoms with Crippen molar-refractivity contribution in [3.63, 3.8) is 0 Å². The van der Waals surface area contributed by atoms with Gasteiger partial charge in [0.25, 0.3) is 0 Å². The van der Waals surface area contributed by atoms with Crippen molar-refractivity contribution in [3.05, 3.63) is 23.8 Å². The highest BCUT2D eigenvalue weighted by molar-refractivity contribution is 5.85. The molecule has 0 radical (unpaired) electrons. The first-order chi connectivity index (χ1) is 10.2. The second kappa shape index (κ2) is 7.20. The van der Waals surface area contributed by atoms with Crippen LogP contribution < -0.4 is 14.8 Å². The zero-order chi connectivity index (χ0) is 14.8. The molecule has 122 valence electrons. The summed E-state index contributed by atoms with van der Waals surface area (Å²) in [7, 11) is 1.65. The summed E-state index contributed by atoms with van der Waals surface area (Å²) in [6.45, 7) is 5.07. The summed E-state index contributed by atoms with van der Waals surface area (Å²) < 4.78 is 11.0. The average molecular weight is 327 g/mol. The number of carbonyl (C=O) groups is 1. The van der Waals surface area contributed by atoms with Crippen LogP contribution in [0.15, 0.2) is 18.2 Å². The van der Waals surface area contributed by atoms with E-state index in [1.165, 1.54) is 0 Å². The predicted molar refractivity (Wildman–Crippen MR) is 87.0 cm³/mol. The summed E-state index contributed by atoms with van der Waals surface area (Å²) in [4.78, 5) is 14.7. The maximum atomic E-state index is 12.7. The molecule has 0 aromatic heterocycles. The third-order valence-electron chi connectivity index (χ3n) is 4.31. The van der Waals surface area contributed by atoms with E-state index in [-0.39, 0.29) is 30.3 Å². The lowest BCUT2D eigenvalue weighted by atomic mass is 9.94. The third kappa shape index (κ3) is 3.31. The number of piperazine rings is 1. The number of halogens is 1. The highest BCUT2D eigenvalue weighted by Gasteiger charge is 2.32. The van der Waals surface area contributed by atoms with Crippen molar-refractivity contribution >= 4 is 18.3 Å². The molecule has 3 rings (SSSR count). The van der Waals surface area contributed by atoms with Gasteiger partial charge in [0.05, 0.1) is 13.0 Å². The van der Waals surface area contributed by atoms with Gasteiger partial charge in [-0.15, -0.1) is 12.4 Å². The molecule has 5 nitrogen and oxygen atoms in total. The standard InChI is InChI=1S/C16H22N2O3.ClH/c1-11-9-17-5-6-18(11)16(19)13-7-12-8-14(20-2)3-4-15(12)21-10-13;/h3-4,8,11,13,17H,5-7,9-10H2,1-2H3;1H/t11-,13?;/m1./s1. The van der Waals surface area contributed by atoms with Gasteiger partial charge in [0.2, 0.25) is 5.91 Å². The van der Waals surface area contributed by atoms with Gasteiger partial charge < -0.3 is 19.7 Å². The van der Waals surface area contributed by atoms with Crippen LogP contribution >= 0.6 is 12.4 Å². The number of hydrogen-bond acceptors (Lipinski definition) is 4. The Hall–Kier alpha value is -1.46. The number of methoxy groups -OCH3 is 1. The normalized spacial score (nSPS) is 23.8. The van der Waals surface area contributed by atoms with Crippen LogP contribution in [0.25, 0.3) is 0 Å². The van der Waals surface area contributed by atoms with Crippen molar-refractivity contribution < 1.29 is 14.3 Å². The van der Waals surface area contributed by atoms with Gasteiger partial charge in [0.15, 0.2) is 0 Å². The fourth-order valence-corrected chi connectivity index (χ4v) is 3.06. The van der Waals surface area contributed by atoms with Gasteiger partial charge in [0.1, 0.15) is 18.1 Å². The summed E-state index contributed by atoms with van der Waals surface area (Å²) in [5.74, 6) is 1.79. The van der Waals surface area contributed by atoms with Crippen LogP contribution in [0.3, 0.4) is 0 Å². The van der Waals surface area contributed by atoms with Crippen LogP contribution in [0.5, 0.6) is 11.5 Å². The van der Waals surface area contributed by atoms with Gasteiger partial charge in [-0.25, -0.2) is 0 Å². The van der Waals surface area contributed by atoms with E-state index in [0.717, 1.165) is 43.1 Å². The first kappa shape index (κ1) is 16.9. The molecule has 1 unspecified atom stereocenters. The lowest BCUT2D eigenvalue weighted by Crippen LogP contribution is -2.54. The Kier molecular flexibility index (Phi) is 5.53. The van der Waals surface area contributed by atoms with Crippen LogP contribution in [0.2, 0.25) is 0 Å². The minimum atomic E-state index is -0.0924. The highest BCUT2D eigenvalue weighted by atomic mass is 35.5.